The minimum absolute atomic E-state index is 0.0206. The molecule has 5 aliphatic rings. The van der Waals surface area contributed by atoms with E-state index in [4.69, 9.17) is 28.1 Å². The van der Waals surface area contributed by atoms with Crippen LogP contribution in [0.15, 0.2) is 25.0 Å². The van der Waals surface area contributed by atoms with Crippen LogP contribution in [0.2, 0.25) is 0 Å². The summed E-state index contributed by atoms with van der Waals surface area (Å²) < 4.78 is 87.1. The average Bonchev–Trinajstić information content (AvgIpc) is 3.82. The fraction of sp³-hybridized carbons (Fsp3) is 0.519. The standard InChI is InChI=1S/C52H62N6O17S4/c1-26-21-28-34-37-35(29(22-59)49-43(41(37)45(62)47(28)72-3)53-31(24-76-49)51(64)74-17-13-55-5-9-57(10-6-55)15-19-78(66,67)68)36-30(23-60)50-44(42-39(36)38(34)40(33(26)27(2)61)48(73-4)46(42)63)54-32(25-77-50)52(65)75-18-14-56-7-11-58(12-8-56)16-20-79(69,70)71/h31-32,53-54,59-60H,5-25H2,1-4H3,(H,66,67,68)(H,69,70,71). The predicted molar refractivity (Wildman–Crippen MR) is 300 cm³/mol. The molecule has 2 unspecified atom stereocenters. The highest BCUT2D eigenvalue weighted by molar-refractivity contribution is 8.00. The number of allylic oxidation sites excluding steroid dienone is 2. The largest absolute Gasteiger partial charge is 0.492 e. The van der Waals surface area contributed by atoms with Crippen molar-refractivity contribution in [3.05, 3.63) is 48.3 Å². The van der Waals surface area contributed by atoms with Crippen molar-refractivity contribution >= 4 is 122 Å². The van der Waals surface area contributed by atoms with E-state index in [0.717, 1.165) is 0 Å². The minimum Gasteiger partial charge on any atom is -0.492 e. The molecule has 2 saturated heterocycles. The molecule has 0 saturated carbocycles. The maximum atomic E-state index is 15.5. The number of ketones is 1. The van der Waals surface area contributed by atoms with Gasteiger partial charge < -0.3 is 39.8 Å². The van der Waals surface area contributed by atoms with Crippen LogP contribution in [0.1, 0.15) is 36.1 Å². The molecule has 4 heterocycles. The maximum Gasteiger partial charge on any atom is 0.329 e. The molecule has 0 bridgehead atoms. The molecule has 0 spiro atoms. The first-order valence-corrected chi connectivity index (χ1v) is 31.1. The van der Waals surface area contributed by atoms with Gasteiger partial charge in [0.05, 0.1) is 61.1 Å². The molecule has 10 rings (SSSR count). The molecule has 27 heteroatoms. The Balaban J connectivity index is 1.05. The van der Waals surface area contributed by atoms with Crippen molar-refractivity contribution in [1.82, 2.24) is 19.6 Å². The molecule has 23 nitrogen and oxygen atoms in total. The number of hydrogen-bond donors (Lipinski definition) is 6. The van der Waals surface area contributed by atoms with Gasteiger partial charge in [-0.15, -0.1) is 23.5 Å². The van der Waals surface area contributed by atoms with Gasteiger partial charge in [0, 0.05) is 144 Å². The Kier molecular flexibility index (Phi) is 16.4. The number of thioether (sulfide) groups is 2. The van der Waals surface area contributed by atoms with E-state index in [0.29, 0.717) is 130 Å². The van der Waals surface area contributed by atoms with Crippen molar-refractivity contribution < 1.29 is 69.5 Å². The number of esters is 2. The van der Waals surface area contributed by atoms with Crippen molar-refractivity contribution in [2.24, 2.45) is 0 Å². The van der Waals surface area contributed by atoms with Crippen LogP contribution in [0.3, 0.4) is 0 Å². The lowest BCUT2D eigenvalue weighted by atomic mass is 9.80. The van der Waals surface area contributed by atoms with Crippen LogP contribution in [0, 0.1) is 0 Å². The summed E-state index contributed by atoms with van der Waals surface area (Å²) >= 11 is 2.46. The number of piperazine rings is 2. The number of rotatable bonds is 19. The Morgan fingerprint density at radius 2 is 1.00 bits per heavy atom. The summed E-state index contributed by atoms with van der Waals surface area (Å²) in [7, 11) is -5.48. The number of nitrogens with one attached hydrogen (secondary N) is 2. The molecule has 0 radical (unpaired) electrons. The van der Waals surface area contributed by atoms with E-state index < -0.39 is 74.1 Å². The van der Waals surface area contributed by atoms with E-state index >= 15 is 9.59 Å². The number of benzene rings is 5. The highest BCUT2D eigenvalue weighted by Crippen LogP contribution is 2.57. The Hall–Kier alpha value is -5.17. The zero-order valence-corrected chi connectivity index (χ0v) is 47.3. The molecule has 6 N–H and O–H groups in total. The molecule has 2 atom stereocenters. The number of ether oxygens (including phenoxy) is 4. The fourth-order valence-electron chi connectivity index (χ4n) is 12.1. The lowest BCUT2D eigenvalue weighted by Gasteiger charge is -2.34. The monoisotopic (exact) mass is 1170 g/mol. The molecule has 79 heavy (non-hydrogen) atoms. The van der Waals surface area contributed by atoms with Crippen LogP contribution in [-0.2, 0) is 63.7 Å². The highest BCUT2D eigenvalue weighted by atomic mass is 32.2. The van der Waals surface area contributed by atoms with Gasteiger partial charge in [0.15, 0.2) is 17.3 Å². The van der Waals surface area contributed by atoms with Gasteiger partial charge in [0.1, 0.15) is 25.3 Å². The molecular weight excluding hydrogens is 1110 g/mol. The minimum atomic E-state index is -4.09. The summed E-state index contributed by atoms with van der Waals surface area (Å²) in [6.45, 7) is 7.85. The first kappa shape index (κ1) is 57.1. The van der Waals surface area contributed by atoms with E-state index in [1.807, 2.05) is 9.80 Å². The second kappa shape index (κ2) is 22.6. The third-order valence-electron chi connectivity index (χ3n) is 15.8. The topological polar surface area (TPSA) is 308 Å². The smallest absolute Gasteiger partial charge is 0.329 e. The number of nitrogens with zero attached hydrogens (tertiary/aromatic N) is 4. The second-order valence-corrected chi connectivity index (χ2v) is 25.6. The number of fused-ring (bicyclic) bond motifs is 5. The number of hydrogen-bond acceptors (Lipinski definition) is 23. The van der Waals surface area contributed by atoms with Crippen molar-refractivity contribution in [3.63, 3.8) is 0 Å². The third-order valence-corrected chi connectivity index (χ3v) is 19.7. The fourth-order valence-corrected chi connectivity index (χ4v) is 15.4. The molecule has 2 fully saturated rings. The van der Waals surface area contributed by atoms with E-state index in [9.17, 15) is 41.4 Å². The van der Waals surface area contributed by atoms with Crippen molar-refractivity contribution in [3.8, 4) is 11.5 Å². The molecule has 5 aromatic carbocycles. The van der Waals surface area contributed by atoms with E-state index in [-0.39, 0.29) is 101 Å². The molecular formula is C52H62N6O17S4. The zero-order chi connectivity index (χ0) is 56.4. The Morgan fingerprint density at radius 1 is 0.595 bits per heavy atom. The van der Waals surface area contributed by atoms with Gasteiger partial charge in [0.25, 0.3) is 20.2 Å². The summed E-state index contributed by atoms with van der Waals surface area (Å²) in [5.41, 5.74) is 1.29. The predicted octanol–water partition coefficient (Wildman–Crippen LogP) is 1.69. The van der Waals surface area contributed by atoms with Crippen molar-refractivity contribution in [2.75, 3.05) is 140 Å². The number of methoxy groups -OCH3 is 2. The Labute approximate surface area is 463 Å². The SMILES string of the molecule is COc1c2c3c4c(c(OC)c(=O)c5c6c(c(CO)c(c7c(CO)c8c(c(c1=O)c73)NC(C(=O)OCCN1CCN(CCS(=O)(=O)O)CC1)CS8)c54)SCC(C(=O)OCCN1CCN(CCS(=O)(=O)O)CC1)N6)C(C(C)=O)=C(C)C2. The van der Waals surface area contributed by atoms with Gasteiger partial charge in [0.2, 0.25) is 10.9 Å². The van der Waals surface area contributed by atoms with Crippen LogP contribution in [0.5, 0.6) is 11.5 Å². The van der Waals surface area contributed by atoms with E-state index in [2.05, 4.69) is 20.4 Å². The Bertz CT molecular complexity index is 3700. The van der Waals surface area contributed by atoms with Gasteiger partial charge in [-0.1, -0.05) is 5.57 Å². The van der Waals surface area contributed by atoms with Crippen LogP contribution in [0.4, 0.5) is 11.4 Å². The first-order chi connectivity index (χ1) is 37.7. The summed E-state index contributed by atoms with van der Waals surface area (Å²) in [4.78, 5) is 81.9. The Morgan fingerprint density at radius 3 is 1.39 bits per heavy atom. The number of Topliss-reactive ketones (excluding diaryl/α,β-unsaturated/α-hetero) is 1. The number of aliphatic hydroxyl groups is 2. The first-order valence-electron chi connectivity index (χ1n) is 25.9. The van der Waals surface area contributed by atoms with Crippen LogP contribution in [0.25, 0.3) is 48.7 Å². The molecule has 0 amide bonds. The molecule has 1 aliphatic carbocycles. The lowest BCUT2D eigenvalue weighted by Crippen LogP contribution is -2.48. The van der Waals surface area contributed by atoms with Gasteiger partial charge >= 0.3 is 11.9 Å². The highest BCUT2D eigenvalue weighted by Gasteiger charge is 2.41. The molecule has 426 valence electrons. The van der Waals surface area contributed by atoms with Gasteiger partial charge in [-0.25, -0.2) is 9.59 Å². The molecule has 4 aliphatic heterocycles. The summed E-state index contributed by atoms with van der Waals surface area (Å²) in [5, 5.41) is 32.3. The van der Waals surface area contributed by atoms with Crippen molar-refractivity contribution in [1.29, 1.82) is 0 Å². The summed E-state index contributed by atoms with van der Waals surface area (Å²) in [6, 6.07) is -1.94. The van der Waals surface area contributed by atoms with Gasteiger partial charge in [-0.05, 0) is 36.4 Å². The van der Waals surface area contributed by atoms with E-state index in [1.165, 1.54) is 44.7 Å². The number of anilines is 2. The molecule has 5 aromatic rings. The summed E-state index contributed by atoms with van der Waals surface area (Å²) in [6.07, 6.45) is 0.0206. The number of carbonyl (C=O) groups is 3. The second-order valence-electron chi connectivity index (χ2n) is 20.4. The quantitative estimate of drug-likeness (QED) is 0.0297. The summed E-state index contributed by atoms with van der Waals surface area (Å²) in [5.74, 6) is -2.26. The average molecular weight is 1170 g/mol. The third kappa shape index (κ3) is 10.7. The number of aliphatic hydroxyl groups excluding tert-OH is 2. The maximum absolute atomic E-state index is 15.5. The zero-order valence-electron chi connectivity index (χ0n) is 44.0. The lowest BCUT2D eigenvalue weighted by molar-refractivity contribution is -0.145. The van der Waals surface area contributed by atoms with Crippen molar-refractivity contribution in [2.45, 2.75) is 55.4 Å². The number of carbonyl (C=O) groups excluding carboxylic acids is 3. The van der Waals surface area contributed by atoms with E-state index in [1.54, 1.807) is 6.92 Å². The van der Waals surface area contributed by atoms with Crippen LogP contribution in [-0.4, -0.2) is 215 Å². The van der Waals surface area contributed by atoms with Crippen LogP contribution >= 0.6 is 23.5 Å². The van der Waals surface area contributed by atoms with Gasteiger partial charge in [-0.3, -0.25) is 43.1 Å². The van der Waals surface area contributed by atoms with Crippen LogP contribution < -0.4 is 31.0 Å². The molecule has 0 aromatic heterocycles. The van der Waals surface area contributed by atoms with Gasteiger partial charge in [-0.2, -0.15) is 16.8 Å². The normalized spacial score (nSPS) is 19.6.